The number of rotatable bonds is 9. The third-order valence-corrected chi connectivity index (χ3v) is 4.27. The lowest BCUT2D eigenvalue weighted by atomic mass is 10.2. The van der Waals surface area contributed by atoms with Crippen LogP contribution in [0.3, 0.4) is 0 Å². The van der Waals surface area contributed by atoms with Gasteiger partial charge in [-0.15, -0.1) is 0 Å². The molecular formula is C20H28N6O5. The highest BCUT2D eigenvalue weighted by molar-refractivity contribution is 5.96. The van der Waals surface area contributed by atoms with Gasteiger partial charge in [-0.1, -0.05) is 30.3 Å². The molecule has 11 heteroatoms. The summed E-state index contributed by atoms with van der Waals surface area (Å²) in [6, 6.07) is 8.31. The molecule has 31 heavy (non-hydrogen) atoms. The minimum absolute atomic E-state index is 0.0426. The third-order valence-electron chi connectivity index (χ3n) is 4.27. The van der Waals surface area contributed by atoms with Crippen LogP contribution < -0.4 is 32.5 Å². The second kappa shape index (κ2) is 11.0. The summed E-state index contributed by atoms with van der Waals surface area (Å²) in [5.41, 5.74) is 5.51. The Morgan fingerprint density at radius 1 is 1.23 bits per heavy atom. The molecule has 5 N–H and O–H groups in total. The third kappa shape index (κ3) is 6.71. The lowest BCUT2D eigenvalue weighted by Crippen LogP contribution is -2.47. The molecule has 1 heterocycles. The van der Waals surface area contributed by atoms with Crippen LogP contribution in [0.4, 0.5) is 16.3 Å². The maximum absolute atomic E-state index is 12.6. The van der Waals surface area contributed by atoms with Crippen molar-refractivity contribution >= 4 is 23.4 Å². The van der Waals surface area contributed by atoms with Crippen molar-refractivity contribution in [3.05, 3.63) is 56.7 Å². The molecule has 0 saturated heterocycles. The van der Waals surface area contributed by atoms with Crippen molar-refractivity contribution in [2.75, 3.05) is 30.9 Å². The number of methoxy groups -OCH3 is 1. The summed E-state index contributed by atoms with van der Waals surface area (Å²) in [6.07, 6.45) is 0. The first kappa shape index (κ1) is 23.7. The number of aromatic amines is 1. The largest absolute Gasteiger partial charge is 0.383 e. The van der Waals surface area contributed by atoms with Gasteiger partial charge in [-0.3, -0.25) is 24.5 Å². The van der Waals surface area contributed by atoms with Crippen molar-refractivity contribution in [3.8, 4) is 0 Å². The molecule has 0 saturated carbocycles. The SMILES string of the molecule is COCCn1c(N)c(N(CC(=O)NC(=O)NC(C)C)Cc2ccccc2)c(=O)[nH]c1=O. The molecule has 2 aromatic rings. The zero-order chi connectivity index (χ0) is 23.0. The number of nitrogens with zero attached hydrogens (tertiary/aromatic N) is 2. The van der Waals surface area contributed by atoms with Gasteiger partial charge in [0.1, 0.15) is 11.5 Å². The molecule has 0 fully saturated rings. The lowest BCUT2D eigenvalue weighted by Gasteiger charge is -2.26. The van der Waals surface area contributed by atoms with Gasteiger partial charge in [-0.2, -0.15) is 0 Å². The topological polar surface area (TPSA) is 152 Å². The van der Waals surface area contributed by atoms with Crippen LogP contribution in [0.25, 0.3) is 0 Å². The van der Waals surface area contributed by atoms with Gasteiger partial charge in [0.05, 0.1) is 19.7 Å². The molecule has 0 spiro atoms. The average molecular weight is 432 g/mol. The number of carbonyl (C=O) groups is 2. The number of hydrogen-bond acceptors (Lipinski definition) is 7. The number of benzene rings is 1. The maximum Gasteiger partial charge on any atom is 0.330 e. The van der Waals surface area contributed by atoms with Crippen molar-refractivity contribution in [2.24, 2.45) is 0 Å². The number of H-pyrrole nitrogens is 1. The summed E-state index contributed by atoms with van der Waals surface area (Å²) in [5.74, 6) is -0.733. The number of urea groups is 1. The molecular weight excluding hydrogens is 404 g/mol. The number of hydrogen-bond donors (Lipinski definition) is 4. The molecule has 11 nitrogen and oxygen atoms in total. The smallest absolute Gasteiger partial charge is 0.330 e. The Balaban J connectivity index is 2.41. The Morgan fingerprint density at radius 3 is 2.52 bits per heavy atom. The van der Waals surface area contributed by atoms with E-state index in [2.05, 4.69) is 15.6 Å². The Bertz CT molecular complexity index is 1010. The van der Waals surface area contributed by atoms with E-state index in [1.54, 1.807) is 13.8 Å². The summed E-state index contributed by atoms with van der Waals surface area (Å²) in [6.45, 7) is 3.65. The van der Waals surface area contributed by atoms with Crippen LogP contribution in [-0.2, 0) is 22.6 Å². The van der Waals surface area contributed by atoms with E-state index in [1.807, 2.05) is 30.3 Å². The molecule has 0 aliphatic heterocycles. The fourth-order valence-electron chi connectivity index (χ4n) is 2.94. The molecule has 168 valence electrons. The molecule has 1 aromatic carbocycles. The van der Waals surface area contributed by atoms with E-state index in [1.165, 1.54) is 16.6 Å². The van der Waals surface area contributed by atoms with Gasteiger partial charge < -0.3 is 20.7 Å². The standard InChI is InChI=1S/C20H28N6O5/c1-13(2)22-19(29)23-15(27)12-25(11-14-7-5-4-6-8-14)16-17(21)26(9-10-31-3)20(30)24-18(16)28/h4-8,13H,9-12,21H2,1-3H3,(H,24,28,30)(H2,22,23,27,29). The van der Waals surface area contributed by atoms with E-state index in [-0.39, 0.29) is 43.8 Å². The quantitative estimate of drug-likeness (QED) is 0.435. The predicted octanol–water partition coefficient (Wildman–Crippen LogP) is 0.00600. The molecule has 0 radical (unpaired) electrons. The highest BCUT2D eigenvalue weighted by Crippen LogP contribution is 2.19. The summed E-state index contributed by atoms with van der Waals surface area (Å²) in [4.78, 5) is 52.9. The van der Waals surface area contributed by atoms with Gasteiger partial charge in [0.2, 0.25) is 5.91 Å². The molecule has 3 amide bonds. The van der Waals surface area contributed by atoms with E-state index in [0.29, 0.717) is 0 Å². The van der Waals surface area contributed by atoms with E-state index < -0.39 is 23.2 Å². The number of ether oxygens (including phenoxy) is 1. The predicted molar refractivity (Wildman–Crippen MR) is 117 cm³/mol. The number of nitrogens with one attached hydrogen (secondary N) is 3. The van der Waals surface area contributed by atoms with Crippen LogP contribution in [0.1, 0.15) is 19.4 Å². The molecule has 0 unspecified atom stereocenters. The van der Waals surface area contributed by atoms with E-state index in [4.69, 9.17) is 10.5 Å². The molecule has 2 rings (SSSR count). The highest BCUT2D eigenvalue weighted by atomic mass is 16.5. The van der Waals surface area contributed by atoms with Gasteiger partial charge in [-0.05, 0) is 19.4 Å². The van der Waals surface area contributed by atoms with Crippen molar-refractivity contribution < 1.29 is 14.3 Å². The maximum atomic E-state index is 12.6. The zero-order valence-corrected chi connectivity index (χ0v) is 17.8. The second-order valence-electron chi connectivity index (χ2n) is 7.16. The highest BCUT2D eigenvalue weighted by Gasteiger charge is 2.22. The minimum atomic E-state index is -0.730. The van der Waals surface area contributed by atoms with Crippen molar-refractivity contribution in [1.29, 1.82) is 0 Å². The van der Waals surface area contributed by atoms with E-state index in [9.17, 15) is 19.2 Å². The minimum Gasteiger partial charge on any atom is -0.383 e. The summed E-state index contributed by atoms with van der Waals surface area (Å²) in [5, 5.41) is 4.78. The average Bonchev–Trinajstić information content (AvgIpc) is 2.67. The Kier molecular flexibility index (Phi) is 8.38. The number of nitrogen functional groups attached to an aromatic ring is 1. The fourth-order valence-corrected chi connectivity index (χ4v) is 2.94. The summed E-state index contributed by atoms with van der Waals surface area (Å²) < 4.78 is 6.16. The van der Waals surface area contributed by atoms with Crippen LogP contribution in [0.2, 0.25) is 0 Å². The number of amides is 3. The normalized spacial score (nSPS) is 10.7. The van der Waals surface area contributed by atoms with Crippen molar-refractivity contribution in [3.63, 3.8) is 0 Å². The van der Waals surface area contributed by atoms with Gasteiger partial charge in [0, 0.05) is 19.7 Å². The zero-order valence-electron chi connectivity index (χ0n) is 17.8. The molecule has 1 aromatic heterocycles. The van der Waals surface area contributed by atoms with E-state index in [0.717, 1.165) is 5.56 Å². The van der Waals surface area contributed by atoms with Crippen LogP contribution >= 0.6 is 0 Å². The fraction of sp³-hybridized carbons (Fsp3) is 0.400. The second-order valence-corrected chi connectivity index (χ2v) is 7.16. The lowest BCUT2D eigenvalue weighted by molar-refractivity contribution is -0.118. The summed E-state index contributed by atoms with van der Waals surface area (Å²) in [7, 11) is 1.47. The number of carbonyl (C=O) groups excluding carboxylic acids is 2. The van der Waals surface area contributed by atoms with Crippen LogP contribution in [0.5, 0.6) is 0 Å². The number of anilines is 2. The van der Waals surface area contributed by atoms with Gasteiger partial charge >= 0.3 is 11.7 Å². The van der Waals surface area contributed by atoms with Crippen LogP contribution in [0, 0.1) is 0 Å². The van der Waals surface area contributed by atoms with Crippen molar-refractivity contribution in [2.45, 2.75) is 33.0 Å². The molecule has 0 aliphatic rings. The van der Waals surface area contributed by atoms with Gasteiger partial charge in [0.15, 0.2) is 0 Å². The van der Waals surface area contributed by atoms with Crippen molar-refractivity contribution in [1.82, 2.24) is 20.2 Å². The van der Waals surface area contributed by atoms with E-state index >= 15 is 0 Å². The Morgan fingerprint density at radius 2 is 1.90 bits per heavy atom. The monoisotopic (exact) mass is 432 g/mol. The van der Waals surface area contributed by atoms with Gasteiger partial charge in [0.25, 0.3) is 5.56 Å². The molecule has 0 atom stereocenters. The van der Waals surface area contributed by atoms with Crippen LogP contribution in [0.15, 0.2) is 39.9 Å². The first-order chi connectivity index (χ1) is 14.7. The molecule has 0 aliphatic carbocycles. The Hall–Kier alpha value is -3.60. The number of nitrogens with two attached hydrogens (primary N) is 1. The van der Waals surface area contributed by atoms with Gasteiger partial charge in [-0.25, -0.2) is 9.59 Å². The van der Waals surface area contributed by atoms with Crippen LogP contribution in [-0.4, -0.2) is 47.8 Å². The Labute approximate surface area is 179 Å². The first-order valence-electron chi connectivity index (χ1n) is 9.73. The number of imide groups is 1. The summed E-state index contributed by atoms with van der Waals surface area (Å²) >= 11 is 0. The number of aromatic nitrogens is 2. The first-order valence-corrected chi connectivity index (χ1v) is 9.73. The molecule has 0 bridgehead atoms.